The van der Waals surface area contributed by atoms with Crippen molar-refractivity contribution in [1.82, 2.24) is 4.90 Å². The summed E-state index contributed by atoms with van der Waals surface area (Å²) in [6.07, 6.45) is 0. The molecule has 4 nitrogen and oxygen atoms in total. The summed E-state index contributed by atoms with van der Waals surface area (Å²) in [6, 6.07) is 4.47. The highest BCUT2D eigenvalue weighted by atomic mass is 19.1. The molecule has 0 bridgehead atoms. The number of nitrogens with zero attached hydrogens (tertiary/aromatic N) is 1. The Hall–Kier alpha value is -1.62. The minimum Gasteiger partial charge on any atom is -0.386 e. The monoisotopic (exact) mass is 238 g/mol. The first-order valence-corrected chi connectivity index (χ1v) is 5.56. The summed E-state index contributed by atoms with van der Waals surface area (Å²) in [7, 11) is 1.64. The van der Waals surface area contributed by atoms with Crippen molar-refractivity contribution in [2.75, 3.05) is 38.7 Å². The number of carbonyl (C=O) groups is 1. The molecule has 1 saturated heterocycles. The van der Waals surface area contributed by atoms with Gasteiger partial charge in [0.1, 0.15) is 5.82 Å². The number of benzene rings is 1. The number of hydrogen-bond donors (Lipinski definition) is 1. The molecule has 1 aromatic carbocycles. The normalized spacial score (nSPS) is 15.8. The van der Waals surface area contributed by atoms with E-state index in [2.05, 4.69) is 5.32 Å². The van der Waals surface area contributed by atoms with Gasteiger partial charge < -0.3 is 15.0 Å². The number of nitrogens with one attached hydrogen (secondary N) is 1. The summed E-state index contributed by atoms with van der Waals surface area (Å²) >= 11 is 0. The number of morpholine rings is 1. The molecule has 5 heteroatoms. The number of rotatable bonds is 2. The first-order chi connectivity index (χ1) is 8.22. The number of ether oxygens (including phenoxy) is 1. The highest BCUT2D eigenvalue weighted by molar-refractivity contribution is 5.94. The van der Waals surface area contributed by atoms with Crippen LogP contribution in [0.2, 0.25) is 0 Å². The third-order valence-corrected chi connectivity index (χ3v) is 2.78. The molecule has 1 heterocycles. The van der Waals surface area contributed by atoms with Gasteiger partial charge in [0.05, 0.1) is 18.9 Å². The zero-order valence-electron chi connectivity index (χ0n) is 9.70. The maximum absolute atomic E-state index is 13.5. The van der Waals surface area contributed by atoms with E-state index in [1.165, 1.54) is 6.07 Å². The largest absolute Gasteiger partial charge is 0.386 e. The third kappa shape index (κ3) is 2.55. The molecule has 0 aromatic heterocycles. The molecule has 1 amide bonds. The van der Waals surface area contributed by atoms with Crippen molar-refractivity contribution < 1.29 is 13.9 Å². The van der Waals surface area contributed by atoms with E-state index in [-0.39, 0.29) is 5.91 Å². The van der Waals surface area contributed by atoms with Crippen LogP contribution in [0.15, 0.2) is 18.2 Å². The van der Waals surface area contributed by atoms with Gasteiger partial charge in [0.25, 0.3) is 5.91 Å². The average Bonchev–Trinajstić information content (AvgIpc) is 2.39. The molecular formula is C12H15FN2O2. The van der Waals surface area contributed by atoms with Crippen molar-refractivity contribution in [3.63, 3.8) is 0 Å². The van der Waals surface area contributed by atoms with Crippen LogP contribution >= 0.6 is 0 Å². The van der Waals surface area contributed by atoms with Crippen molar-refractivity contribution in [2.24, 2.45) is 0 Å². The van der Waals surface area contributed by atoms with E-state index in [0.717, 1.165) is 0 Å². The topological polar surface area (TPSA) is 41.6 Å². The summed E-state index contributed by atoms with van der Waals surface area (Å²) in [6.45, 7) is 2.22. The molecule has 17 heavy (non-hydrogen) atoms. The van der Waals surface area contributed by atoms with Crippen molar-refractivity contribution in [3.05, 3.63) is 29.6 Å². The average molecular weight is 238 g/mol. The highest BCUT2D eigenvalue weighted by Crippen LogP contribution is 2.16. The van der Waals surface area contributed by atoms with E-state index < -0.39 is 5.82 Å². The first kappa shape index (κ1) is 11.9. The molecule has 1 aromatic rings. The zero-order chi connectivity index (χ0) is 12.3. The van der Waals surface area contributed by atoms with Crippen molar-refractivity contribution in [2.45, 2.75) is 0 Å². The number of hydrogen-bond acceptors (Lipinski definition) is 3. The van der Waals surface area contributed by atoms with Crippen LogP contribution in [0.25, 0.3) is 0 Å². The van der Waals surface area contributed by atoms with E-state index in [9.17, 15) is 9.18 Å². The van der Waals surface area contributed by atoms with Crippen molar-refractivity contribution in [3.8, 4) is 0 Å². The molecule has 1 N–H and O–H groups in total. The SMILES string of the molecule is CNc1ccc(C(=O)N2CCOCC2)cc1F. The lowest BCUT2D eigenvalue weighted by atomic mass is 10.1. The summed E-state index contributed by atoms with van der Waals surface area (Å²) in [5.74, 6) is -0.554. The van der Waals surface area contributed by atoms with Crippen LogP contribution in [0.1, 0.15) is 10.4 Å². The van der Waals surface area contributed by atoms with Crippen LogP contribution in [-0.2, 0) is 4.74 Å². The molecule has 2 rings (SSSR count). The van der Waals surface area contributed by atoms with Crippen LogP contribution in [0.4, 0.5) is 10.1 Å². The van der Waals surface area contributed by atoms with Gasteiger partial charge in [-0.2, -0.15) is 0 Å². The molecule has 1 fully saturated rings. The third-order valence-electron chi connectivity index (χ3n) is 2.78. The number of anilines is 1. The van der Waals surface area contributed by atoms with Crippen LogP contribution in [-0.4, -0.2) is 44.2 Å². The Balaban J connectivity index is 2.16. The fourth-order valence-corrected chi connectivity index (χ4v) is 1.80. The lowest BCUT2D eigenvalue weighted by molar-refractivity contribution is 0.0302. The number of carbonyl (C=O) groups excluding carboxylic acids is 1. The van der Waals surface area contributed by atoms with Crippen molar-refractivity contribution >= 4 is 11.6 Å². The van der Waals surface area contributed by atoms with Crippen LogP contribution in [0, 0.1) is 5.82 Å². The van der Waals surface area contributed by atoms with E-state index in [4.69, 9.17) is 4.74 Å². The molecule has 0 radical (unpaired) electrons. The number of amides is 1. The van der Waals surface area contributed by atoms with Gasteiger partial charge in [-0.25, -0.2) is 4.39 Å². The molecule has 0 atom stereocenters. The fraction of sp³-hybridized carbons (Fsp3) is 0.417. The van der Waals surface area contributed by atoms with Crippen LogP contribution < -0.4 is 5.32 Å². The smallest absolute Gasteiger partial charge is 0.254 e. The Morgan fingerprint density at radius 2 is 2.12 bits per heavy atom. The van der Waals surface area contributed by atoms with Gasteiger partial charge in [0.2, 0.25) is 0 Å². The second-order valence-electron chi connectivity index (χ2n) is 3.85. The molecule has 0 unspecified atom stereocenters. The Bertz CT molecular complexity index is 417. The Morgan fingerprint density at radius 3 is 2.71 bits per heavy atom. The summed E-state index contributed by atoms with van der Waals surface area (Å²) < 4.78 is 18.7. The predicted octanol–water partition coefficient (Wildman–Crippen LogP) is 1.34. The van der Waals surface area contributed by atoms with E-state index in [1.54, 1.807) is 24.1 Å². The summed E-state index contributed by atoms with van der Waals surface area (Å²) in [4.78, 5) is 13.7. The zero-order valence-corrected chi connectivity index (χ0v) is 9.70. The van der Waals surface area contributed by atoms with E-state index in [0.29, 0.717) is 37.6 Å². The molecule has 0 aliphatic carbocycles. The lowest BCUT2D eigenvalue weighted by Gasteiger charge is -2.26. The second-order valence-corrected chi connectivity index (χ2v) is 3.85. The van der Waals surface area contributed by atoms with Gasteiger partial charge in [-0.05, 0) is 18.2 Å². The van der Waals surface area contributed by atoms with Gasteiger partial charge in [-0.1, -0.05) is 0 Å². The van der Waals surface area contributed by atoms with Crippen LogP contribution in [0.5, 0.6) is 0 Å². The van der Waals surface area contributed by atoms with Gasteiger partial charge in [0.15, 0.2) is 0 Å². The predicted molar refractivity (Wildman–Crippen MR) is 62.7 cm³/mol. The summed E-state index contributed by atoms with van der Waals surface area (Å²) in [5, 5.41) is 2.72. The Kier molecular flexibility index (Phi) is 3.58. The summed E-state index contributed by atoms with van der Waals surface area (Å²) in [5.41, 5.74) is 0.770. The van der Waals surface area contributed by atoms with Crippen LogP contribution in [0.3, 0.4) is 0 Å². The quantitative estimate of drug-likeness (QED) is 0.845. The standard InChI is InChI=1S/C12H15FN2O2/c1-14-11-3-2-9(8-10(11)13)12(16)15-4-6-17-7-5-15/h2-3,8,14H,4-7H2,1H3. The first-order valence-electron chi connectivity index (χ1n) is 5.56. The maximum atomic E-state index is 13.5. The molecule has 1 aliphatic rings. The fourth-order valence-electron chi connectivity index (χ4n) is 1.80. The maximum Gasteiger partial charge on any atom is 0.254 e. The minimum absolute atomic E-state index is 0.144. The lowest BCUT2D eigenvalue weighted by Crippen LogP contribution is -2.40. The van der Waals surface area contributed by atoms with Crippen molar-refractivity contribution in [1.29, 1.82) is 0 Å². The highest BCUT2D eigenvalue weighted by Gasteiger charge is 2.19. The molecule has 92 valence electrons. The molecule has 0 saturated carbocycles. The van der Waals surface area contributed by atoms with E-state index in [1.807, 2.05) is 0 Å². The molecular weight excluding hydrogens is 223 g/mol. The molecule has 1 aliphatic heterocycles. The molecule has 0 spiro atoms. The Morgan fingerprint density at radius 1 is 1.41 bits per heavy atom. The minimum atomic E-state index is -0.411. The van der Waals surface area contributed by atoms with E-state index >= 15 is 0 Å². The second kappa shape index (κ2) is 5.14. The number of halogens is 1. The van der Waals surface area contributed by atoms with Gasteiger partial charge >= 0.3 is 0 Å². The van der Waals surface area contributed by atoms with Gasteiger partial charge in [0, 0.05) is 25.7 Å². The Labute approximate surface area is 99.4 Å². The van der Waals surface area contributed by atoms with Gasteiger partial charge in [-0.3, -0.25) is 4.79 Å². The van der Waals surface area contributed by atoms with Gasteiger partial charge in [-0.15, -0.1) is 0 Å².